The topological polar surface area (TPSA) is 56.3 Å². The molecule has 2 aromatic carbocycles. The molecule has 0 aliphatic carbocycles. The molecule has 36 heavy (non-hydrogen) atoms. The summed E-state index contributed by atoms with van der Waals surface area (Å²) in [6, 6.07) is 17.0. The summed E-state index contributed by atoms with van der Waals surface area (Å²) in [5.74, 6) is 1.20. The summed E-state index contributed by atoms with van der Waals surface area (Å²) in [5.41, 5.74) is 3.60. The number of fused-ring (bicyclic) bond motifs is 1. The lowest BCUT2D eigenvalue weighted by Crippen LogP contribution is -2.45. The average Bonchev–Trinajstić information content (AvgIpc) is 3.10. The number of likely N-dealkylation sites (tertiary alicyclic amines) is 1. The zero-order valence-corrected chi connectivity index (χ0v) is 21.6. The molecule has 3 heterocycles. The molecule has 2 saturated heterocycles. The standard InChI is InChI=1S/C29H38N4O3/c1-22(2)18-33-21-25(17-28(33)34)29(35)32-14-15-36-27-9-8-23(16-24(27)20-32)19-30-10-12-31(13-11-30)26-6-4-3-5-7-26/h3-9,16,22,25H,10-15,17-21H2,1-2H3/t25-/m1/s1. The molecule has 0 aromatic heterocycles. The van der Waals surface area contributed by atoms with Gasteiger partial charge in [-0.05, 0) is 35.7 Å². The number of benzene rings is 2. The molecular formula is C29H38N4O3. The van der Waals surface area contributed by atoms with Crippen LogP contribution in [-0.4, -0.2) is 78.9 Å². The quantitative estimate of drug-likeness (QED) is 0.622. The largest absolute Gasteiger partial charge is 0.491 e. The van der Waals surface area contributed by atoms with Gasteiger partial charge in [-0.3, -0.25) is 14.5 Å². The highest BCUT2D eigenvalue weighted by molar-refractivity contribution is 5.89. The van der Waals surface area contributed by atoms with Gasteiger partial charge in [0.2, 0.25) is 11.8 Å². The second-order valence-electron chi connectivity index (χ2n) is 10.7. The van der Waals surface area contributed by atoms with Crippen molar-refractivity contribution in [1.82, 2.24) is 14.7 Å². The molecule has 0 saturated carbocycles. The van der Waals surface area contributed by atoms with Crippen molar-refractivity contribution in [2.75, 3.05) is 57.3 Å². The highest BCUT2D eigenvalue weighted by Crippen LogP contribution is 2.28. The number of piperazine rings is 1. The summed E-state index contributed by atoms with van der Waals surface area (Å²) < 4.78 is 6.00. The molecule has 0 N–H and O–H groups in total. The van der Waals surface area contributed by atoms with Gasteiger partial charge in [0.05, 0.1) is 12.5 Å². The van der Waals surface area contributed by atoms with Crippen LogP contribution in [0, 0.1) is 11.8 Å². The Balaban J connectivity index is 1.20. The number of carbonyl (C=O) groups is 2. The summed E-state index contributed by atoms with van der Waals surface area (Å²) >= 11 is 0. The Morgan fingerprint density at radius 3 is 2.56 bits per heavy atom. The van der Waals surface area contributed by atoms with E-state index in [-0.39, 0.29) is 17.7 Å². The molecule has 192 valence electrons. The summed E-state index contributed by atoms with van der Waals surface area (Å²) in [6.45, 7) is 12.0. The molecule has 0 spiro atoms. The molecule has 0 radical (unpaired) electrons. The van der Waals surface area contributed by atoms with Crippen LogP contribution in [0.4, 0.5) is 5.69 Å². The fourth-order valence-corrected chi connectivity index (χ4v) is 5.61. The molecule has 2 fully saturated rings. The van der Waals surface area contributed by atoms with Gasteiger partial charge in [0.25, 0.3) is 0 Å². The van der Waals surface area contributed by atoms with Crippen LogP contribution in [-0.2, 0) is 22.7 Å². The van der Waals surface area contributed by atoms with Crippen molar-refractivity contribution >= 4 is 17.5 Å². The van der Waals surface area contributed by atoms with Crippen molar-refractivity contribution < 1.29 is 14.3 Å². The molecular weight excluding hydrogens is 452 g/mol. The number of hydrogen-bond acceptors (Lipinski definition) is 5. The summed E-state index contributed by atoms with van der Waals surface area (Å²) in [6.07, 6.45) is 0.324. The van der Waals surface area contributed by atoms with E-state index in [1.165, 1.54) is 11.3 Å². The monoisotopic (exact) mass is 490 g/mol. The molecule has 0 bridgehead atoms. The number of anilines is 1. The van der Waals surface area contributed by atoms with E-state index in [0.29, 0.717) is 38.6 Å². The Labute approximate surface area is 214 Å². The number of hydrogen-bond donors (Lipinski definition) is 0. The van der Waals surface area contributed by atoms with E-state index in [1.54, 1.807) is 0 Å². The fourth-order valence-electron chi connectivity index (χ4n) is 5.61. The average molecular weight is 491 g/mol. The van der Waals surface area contributed by atoms with Gasteiger partial charge >= 0.3 is 0 Å². The number of para-hydroxylation sites is 1. The highest BCUT2D eigenvalue weighted by atomic mass is 16.5. The van der Waals surface area contributed by atoms with E-state index in [1.807, 2.05) is 9.80 Å². The van der Waals surface area contributed by atoms with Crippen LogP contribution in [0.3, 0.4) is 0 Å². The normalized spacial score (nSPS) is 20.9. The number of rotatable bonds is 6. The zero-order chi connectivity index (χ0) is 25.1. The minimum Gasteiger partial charge on any atom is -0.491 e. The van der Waals surface area contributed by atoms with Crippen molar-refractivity contribution in [3.05, 3.63) is 59.7 Å². The third-order valence-electron chi connectivity index (χ3n) is 7.47. The number of ether oxygens (including phenoxy) is 1. The maximum Gasteiger partial charge on any atom is 0.228 e. The second kappa shape index (κ2) is 10.9. The SMILES string of the molecule is CC(C)CN1C[C@H](C(=O)N2CCOc3ccc(CN4CCN(c5ccccc5)CC4)cc3C2)CC1=O. The Hall–Kier alpha value is -3.06. The molecule has 0 unspecified atom stereocenters. The van der Waals surface area contributed by atoms with Gasteiger partial charge in [0, 0.05) is 70.0 Å². The first-order chi connectivity index (χ1) is 17.5. The zero-order valence-electron chi connectivity index (χ0n) is 21.6. The minimum atomic E-state index is -0.248. The van der Waals surface area contributed by atoms with Crippen LogP contribution in [0.2, 0.25) is 0 Å². The summed E-state index contributed by atoms with van der Waals surface area (Å²) in [4.78, 5) is 34.5. The maximum atomic E-state index is 13.4. The molecule has 3 aliphatic heterocycles. The van der Waals surface area contributed by atoms with E-state index in [9.17, 15) is 9.59 Å². The maximum absolute atomic E-state index is 13.4. The Morgan fingerprint density at radius 1 is 1.03 bits per heavy atom. The summed E-state index contributed by atoms with van der Waals surface area (Å²) in [7, 11) is 0. The number of nitrogens with zero attached hydrogens (tertiary/aromatic N) is 4. The van der Waals surface area contributed by atoms with Crippen molar-refractivity contribution in [3.8, 4) is 5.75 Å². The lowest BCUT2D eigenvalue weighted by Gasteiger charge is -2.36. The molecule has 5 rings (SSSR count). The van der Waals surface area contributed by atoms with E-state index >= 15 is 0 Å². The van der Waals surface area contributed by atoms with Crippen molar-refractivity contribution in [2.45, 2.75) is 33.4 Å². The minimum absolute atomic E-state index is 0.0773. The summed E-state index contributed by atoms with van der Waals surface area (Å²) in [5, 5.41) is 0. The van der Waals surface area contributed by atoms with Crippen molar-refractivity contribution in [2.24, 2.45) is 11.8 Å². The predicted octanol–water partition coefficient (Wildman–Crippen LogP) is 3.23. The van der Waals surface area contributed by atoms with Gasteiger partial charge in [-0.1, -0.05) is 38.1 Å². The van der Waals surface area contributed by atoms with E-state index in [0.717, 1.165) is 50.6 Å². The van der Waals surface area contributed by atoms with Gasteiger partial charge in [-0.15, -0.1) is 0 Å². The molecule has 3 aliphatic rings. The third kappa shape index (κ3) is 5.67. The molecule has 2 aromatic rings. The third-order valence-corrected chi connectivity index (χ3v) is 7.47. The molecule has 1 atom stereocenters. The van der Waals surface area contributed by atoms with E-state index in [4.69, 9.17) is 4.74 Å². The van der Waals surface area contributed by atoms with Gasteiger partial charge in [-0.25, -0.2) is 0 Å². The van der Waals surface area contributed by atoms with E-state index < -0.39 is 0 Å². The van der Waals surface area contributed by atoms with Crippen LogP contribution >= 0.6 is 0 Å². The first-order valence-electron chi connectivity index (χ1n) is 13.3. The van der Waals surface area contributed by atoms with Crippen molar-refractivity contribution in [3.63, 3.8) is 0 Å². The fraction of sp³-hybridized carbons (Fsp3) is 0.517. The Kier molecular flexibility index (Phi) is 7.46. The molecule has 7 nitrogen and oxygen atoms in total. The first kappa shape index (κ1) is 24.6. The van der Waals surface area contributed by atoms with Crippen molar-refractivity contribution in [1.29, 1.82) is 0 Å². The van der Waals surface area contributed by atoms with Crippen LogP contribution in [0.5, 0.6) is 5.75 Å². The number of amides is 2. The Bertz CT molecular complexity index is 1070. The molecule has 7 heteroatoms. The first-order valence-corrected chi connectivity index (χ1v) is 13.3. The van der Waals surface area contributed by atoms with Gasteiger partial charge in [0.1, 0.15) is 12.4 Å². The van der Waals surface area contributed by atoms with Gasteiger partial charge in [-0.2, -0.15) is 0 Å². The van der Waals surface area contributed by atoms with Gasteiger partial charge in [0.15, 0.2) is 0 Å². The van der Waals surface area contributed by atoms with Crippen LogP contribution < -0.4 is 9.64 Å². The predicted molar refractivity (Wildman–Crippen MR) is 141 cm³/mol. The lowest BCUT2D eigenvalue weighted by atomic mass is 10.1. The van der Waals surface area contributed by atoms with Crippen LogP contribution in [0.15, 0.2) is 48.5 Å². The second-order valence-corrected chi connectivity index (χ2v) is 10.7. The van der Waals surface area contributed by atoms with Gasteiger partial charge < -0.3 is 19.4 Å². The highest BCUT2D eigenvalue weighted by Gasteiger charge is 2.37. The molecule has 2 amide bonds. The number of carbonyl (C=O) groups excluding carboxylic acids is 2. The van der Waals surface area contributed by atoms with Crippen LogP contribution in [0.25, 0.3) is 0 Å². The van der Waals surface area contributed by atoms with Crippen LogP contribution in [0.1, 0.15) is 31.4 Å². The van der Waals surface area contributed by atoms with E-state index in [2.05, 4.69) is 72.2 Å². The Morgan fingerprint density at radius 2 is 1.81 bits per heavy atom. The smallest absolute Gasteiger partial charge is 0.228 e. The lowest BCUT2D eigenvalue weighted by molar-refractivity contribution is -0.136.